The van der Waals surface area contributed by atoms with Crippen LogP contribution in [-0.4, -0.2) is 11.3 Å². The Hall–Kier alpha value is -2.14. The Morgan fingerprint density at radius 1 is 1.08 bits per heavy atom. The quantitative estimate of drug-likeness (QED) is 0.663. The average Bonchev–Trinajstić information content (AvgIpc) is 3.37. The number of benzene rings is 2. The van der Waals surface area contributed by atoms with E-state index in [1.165, 1.54) is 12.8 Å². The molecule has 2 aromatic rings. The summed E-state index contributed by atoms with van der Waals surface area (Å²) >= 11 is 1.75. The van der Waals surface area contributed by atoms with E-state index in [1.807, 2.05) is 30.3 Å². The van der Waals surface area contributed by atoms with Crippen LogP contribution >= 0.6 is 11.9 Å². The molecule has 1 aliphatic carbocycles. The van der Waals surface area contributed by atoms with Crippen LogP contribution in [-0.2, 0) is 5.41 Å². The number of ether oxygens (including phenoxy) is 1. The lowest BCUT2D eigenvalue weighted by Gasteiger charge is -2.21. The Morgan fingerprint density at radius 2 is 1.76 bits per heavy atom. The second-order valence-corrected chi connectivity index (χ2v) is 8.40. The highest BCUT2D eigenvalue weighted by atomic mass is 32.2. The zero-order valence-electron chi connectivity index (χ0n) is 14.8. The summed E-state index contributed by atoms with van der Waals surface area (Å²) in [6, 6.07) is 15.1. The highest BCUT2D eigenvalue weighted by Crippen LogP contribution is 2.36. The second kappa shape index (κ2) is 7.40. The van der Waals surface area contributed by atoms with Crippen LogP contribution in [0.15, 0.2) is 48.5 Å². The predicted octanol–water partition coefficient (Wildman–Crippen LogP) is 5.82. The van der Waals surface area contributed by atoms with Crippen LogP contribution in [0.2, 0.25) is 0 Å². The number of anilines is 2. The van der Waals surface area contributed by atoms with Crippen LogP contribution in [0, 0.1) is 0 Å². The van der Waals surface area contributed by atoms with Crippen molar-refractivity contribution in [2.24, 2.45) is 0 Å². The summed E-state index contributed by atoms with van der Waals surface area (Å²) in [7, 11) is 0. The number of para-hydroxylation sites is 1. The molecule has 0 unspecified atom stereocenters. The van der Waals surface area contributed by atoms with Gasteiger partial charge in [-0.05, 0) is 66.1 Å². The van der Waals surface area contributed by atoms with Gasteiger partial charge in [0.1, 0.15) is 5.75 Å². The standard InChI is InChI=1S/C20H24N2O2S/c1-20(2,3)14-11-15(13-16(12-14)22-25-18-9-10-18)21-19(23)24-17-7-5-4-6-8-17/h4-8,11-13,18,22H,9-10H2,1-3H3,(H,21,23). The summed E-state index contributed by atoms with van der Waals surface area (Å²) in [4.78, 5) is 12.2. The van der Waals surface area contributed by atoms with Crippen LogP contribution in [0.25, 0.3) is 0 Å². The van der Waals surface area contributed by atoms with Gasteiger partial charge in [0.05, 0.1) is 0 Å². The molecule has 1 amide bonds. The van der Waals surface area contributed by atoms with E-state index in [0.717, 1.165) is 16.9 Å². The van der Waals surface area contributed by atoms with Crippen molar-refractivity contribution >= 4 is 29.4 Å². The average molecular weight is 356 g/mol. The van der Waals surface area contributed by atoms with Gasteiger partial charge in [-0.2, -0.15) is 0 Å². The third-order valence-electron chi connectivity index (χ3n) is 3.87. The van der Waals surface area contributed by atoms with Gasteiger partial charge in [0.25, 0.3) is 0 Å². The SMILES string of the molecule is CC(C)(C)c1cc(NSC2CC2)cc(NC(=O)Oc2ccccc2)c1. The van der Waals surface area contributed by atoms with Gasteiger partial charge in [-0.25, -0.2) is 4.79 Å². The minimum absolute atomic E-state index is 0.0122. The van der Waals surface area contributed by atoms with E-state index in [2.05, 4.69) is 36.9 Å². The lowest BCUT2D eigenvalue weighted by molar-refractivity contribution is 0.215. The van der Waals surface area contributed by atoms with Crippen molar-refractivity contribution in [3.05, 3.63) is 54.1 Å². The minimum atomic E-state index is -0.488. The molecule has 0 aliphatic heterocycles. The maximum Gasteiger partial charge on any atom is 0.417 e. The smallest absolute Gasteiger partial charge is 0.410 e. The third-order valence-corrected chi connectivity index (χ3v) is 5.03. The molecule has 2 aromatic carbocycles. The minimum Gasteiger partial charge on any atom is -0.410 e. The first-order chi connectivity index (χ1) is 11.9. The molecule has 0 aromatic heterocycles. The fourth-order valence-electron chi connectivity index (χ4n) is 2.27. The summed E-state index contributed by atoms with van der Waals surface area (Å²) in [6.07, 6.45) is 2.05. The zero-order chi connectivity index (χ0) is 17.9. The Kier molecular flexibility index (Phi) is 5.23. The first-order valence-electron chi connectivity index (χ1n) is 8.51. The number of carbonyl (C=O) groups is 1. The first kappa shape index (κ1) is 17.7. The van der Waals surface area contributed by atoms with Crippen molar-refractivity contribution in [3.8, 4) is 5.75 Å². The van der Waals surface area contributed by atoms with Crippen LogP contribution in [0.4, 0.5) is 16.2 Å². The van der Waals surface area contributed by atoms with Gasteiger partial charge in [-0.3, -0.25) is 5.32 Å². The van der Waals surface area contributed by atoms with Crippen molar-refractivity contribution in [2.45, 2.75) is 44.3 Å². The molecule has 4 nitrogen and oxygen atoms in total. The molecule has 0 spiro atoms. The number of hydrogen-bond donors (Lipinski definition) is 2. The van der Waals surface area contributed by atoms with Crippen LogP contribution < -0.4 is 14.8 Å². The van der Waals surface area contributed by atoms with Crippen molar-refractivity contribution < 1.29 is 9.53 Å². The van der Waals surface area contributed by atoms with Crippen molar-refractivity contribution in [3.63, 3.8) is 0 Å². The fourth-order valence-corrected chi connectivity index (χ4v) is 3.06. The molecule has 25 heavy (non-hydrogen) atoms. The van der Waals surface area contributed by atoms with Crippen molar-refractivity contribution in [2.75, 3.05) is 10.0 Å². The normalized spacial score (nSPS) is 14.0. The van der Waals surface area contributed by atoms with Gasteiger partial charge >= 0.3 is 6.09 Å². The molecule has 0 saturated heterocycles. The Morgan fingerprint density at radius 3 is 2.40 bits per heavy atom. The van der Waals surface area contributed by atoms with E-state index < -0.39 is 6.09 Å². The van der Waals surface area contributed by atoms with Crippen molar-refractivity contribution in [1.82, 2.24) is 0 Å². The molecule has 0 heterocycles. The number of rotatable bonds is 5. The van der Waals surface area contributed by atoms with Gasteiger partial charge < -0.3 is 9.46 Å². The topological polar surface area (TPSA) is 50.4 Å². The molecule has 3 rings (SSSR count). The van der Waals surface area contributed by atoms with Gasteiger partial charge in [0, 0.05) is 16.6 Å². The third kappa shape index (κ3) is 5.43. The van der Waals surface area contributed by atoms with E-state index in [9.17, 15) is 4.79 Å². The molecule has 2 N–H and O–H groups in total. The number of carbonyl (C=O) groups excluding carboxylic acids is 1. The van der Waals surface area contributed by atoms with E-state index in [0.29, 0.717) is 11.0 Å². The lowest BCUT2D eigenvalue weighted by atomic mass is 9.86. The van der Waals surface area contributed by atoms with Crippen LogP contribution in [0.1, 0.15) is 39.2 Å². The highest BCUT2D eigenvalue weighted by Gasteiger charge is 2.23. The second-order valence-electron chi connectivity index (χ2n) is 7.30. The van der Waals surface area contributed by atoms with E-state index in [1.54, 1.807) is 24.1 Å². The van der Waals surface area contributed by atoms with Crippen molar-refractivity contribution in [1.29, 1.82) is 0 Å². The van der Waals surface area contributed by atoms with E-state index in [4.69, 9.17) is 4.74 Å². The molecule has 5 heteroatoms. The van der Waals surface area contributed by atoms with Gasteiger partial charge in [-0.15, -0.1) is 0 Å². The molecule has 1 fully saturated rings. The number of amides is 1. The Balaban J connectivity index is 1.73. The monoisotopic (exact) mass is 356 g/mol. The van der Waals surface area contributed by atoms with Crippen LogP contribution in [0.5, 0.6) is 5.75 Å². The molecular formula is C20H24N2O2S. The summed E-state index contributed by atoms with van der Waals surface area (Å²) in [5.74, 6) is 0.523. The predicted molar refractivity (Wildman–Crippen MR) is 105 cm³/mol. The maximum absolute atomic E-state index is 12.2. The molecule has 1 saturated carbocycles. The lowest BCUT2D eigenvalue weighted by Crippen LogP contribution is -2.18. The summed E-state index contributed by atoms with van der Waals surface area (Å²) in [5.41, 5.74) is 2.87. The molecule has 0 radical (unpaired) electrons. The van der Waals surface area contributed by atoms with Gasteiger partial charge in [-0.1, -0.05) is 39.0 Å². The molecule has 132 valence electrons. The number of hydrogen-bond acceptors (Lipinski definition) is 4. The van der Waals surface area contributed by atoms with Crippen LogP contribution in [0.3, 0.4) is 0 Å². The first-order valence-corrected chi connectivity index (χ1v) is 9.39. The Bertz CT molecular complexity index is 737. The maximum atomic E-state index is 12.2. The van der Waals surface area contributed by atoms with Gasteiger partial charge in [0.2, 0.25) is 0 Å². The summed E-state index contributed by atoms with van der Waals surface area (Å²) in [6.45, 7) is 6.48. The largest absolute Gasteiger partial charge is 0.417 e. The fraction of sp³-hybridized carbons (Fsp3) is 0.350. The van der Waals surface area contributed by atoms with E-state index in [-0.39, 0.29) is 5.41 Å². The van der Waals surface area contributed by atoms with Gasteiger partial charge in [0.15, 0.2) is 0 Å². The molecule has 0 bridgehead atoms. The van der Waals surface area contributed by atoms with E-state index >= 15 is 0 Å². The molecule has 1 aliphatic rings. The summed E-state index contributed by atoms with van der Waals surface area (Å²) in [5, 5.41) is 3.54. The molecule has 0 atom stereocenters. The number of nitrogens with one attached hydrogen (secondary N) is 2. The zero-order valence-corrected chi connectivity index (χ0v) is 15.7. The molecular weight excluding hydrogens is 332 g/mol. The highest BCUT2D eigenvalue weighted by molar-refractivity contribution is 8.01. The Labute approximate surface area is 153 Å². The summed E-state index contributed by atoms with van der Waals surface area (Å²) < 4.78 is 8.72.